The number of aliphatic imine (C=N–C) groups is 1. The molecular weight excluding hydrogens is 300 g/mol. The van der Waals surface area contributed by atoms with Gasteiger partial charge in [-0.25, -0.2) is 0 Å². The second-order valence-corrected chi connectivity index (χ2v) is 5.42. The zero-order valence-electron chi connectivity index (χ0n) is 13.4. The van der Waals surface area contributed by atoms with Gasteiger partial charge in [0.15, 0.2) is 5.96 Å². The summed E-state index contributed by atoms with van der Waals surface area (Å²) < 4.78 is 5.28. The Kier molecular flexibility index (Phi) is 10.1. The van der Waals surface area contributed by atoms with Crippen molar-refractivity contribution in [2.24, 2.45) is 4.99 Å². The highest BCUT2D eigenvalue weighted by molar-refractivity contribution is 7.12. The van der Waals surface area contributed by atoms with Crippen molar-refractivity contribution in [1.82, 2.24) is 16.0 Å². The lowest BCUT2D eigenvalue weighted by Crippen LogP contribution is -2.39. The molecule has 1 aromatic rings. The van der Waals surface area contributed by atoms with Crippen molar-refractivity contribution in [2.75, 3.05) is 39.4 Å². The molecule has 0 aromatic carbocycles. The molecule has 0 aliphatic rings. The Hall–Kier alpha value is -1.60. The maximum absolute atomic E-state index is 11.7. The summed E-state index contributed by atoms with van der Waals surface area (Å²) in [5.41, 5.74) is 0. The van der Waals surface area contributed by atoms with Crippen molar-refractivity contribution in [3.05, 3.63) is 22.4 Å². The van der Waals surface area contributed by atoms with Gasteiger partial charge in [0, 0.05) is 32.8 Å². The Morgan fingerprint density at radius 2 is 2.14 bits per heavy atom. The Morgan fingerprint density at radius 1 is 1.27 bits per heavy atom. The van der Waals surface area contributed by atoms with Gasteiger partial charge < -0.3 is 20.7 Å². The number of nitrogens with one attached hydrogen (secondary N) is 3. The molecule has 0 fully saturated rings. The highest BCUT2D eigenvalue weighted by atomic mass is 32.1. The Bertz CT molecular complexity index is 435. The molecule has 0 aliphatic heterocycles. The monoisotopic (exact) mass is 326 g/mol. The number of thiophene rings is 1. The predicted octanol–water partition coefficient (Wildman–Crippen LogP) is 1.46. The van der Waals surface area contributed by atoms with E-state index in [1.165, 1.54) is 11.3 Å². The fourth-order valence-electron chi connectivity index (χ4n) is 1.69. The molecule has 0 saturated carbocycles. The van der Waals surface area contributed by atoms with Crippen LogP contribution in [-0.2, 0) is 4.74 Å². The molecule has 3 N–H and O–H groups in total. The number of hydrogen-bond donors (Lipinski definition) is 3. The predicted molar refractivity (Wildman–Crippen MR) is 91.7 cm³/mol. The number of ether oxygens (including phenoxy) is 1. The lowest BCUT2D eigenvalue weighted by molar-refractivity contribution is 0.0957. The number of guanidine groups is 1. The quantitative estimate of drug-likeness (QED) is 0.346. The van der Waals surface area contributed by atoms with Crippen molar-refractivity contribution in [3.8, 4) is 0 Å². The van der Waals surface area contributed by atoms with Gasteiger partial charge in [0.25, 0.3) is 5.91 Å². The average molecular weight is 326 g/mol. The first-order valence-electron chi connectivity index (χ1n) is 7.69. The zero-order valence-corrected chi connectivity index (χ0v) is 14.2. The molecule has 0 atom stereocenters. The third-order valence-corrected chi connectivity index (χ3v) is 3.59. The van der Waals surface area contributed by atoms with Crippen LogP contribution in [0.2, 0.25) is 0 Å². The van der Waals surface area contributed by atoms with Gasteiger partial charge >= 0.3 is 0 Å². The standard InChI is InChI=1S/C15H26N4O2S/c1-3-16-15(19-10-11-21-4-2)18-9-6-8-17-14(20)13-7-5-12-22-13/h5,7,12H,3-4,6,8-11H2,1-2H3,(H,17,20)(H2,16,18,19). The minimum absolute atomic E-state index is 0.0132. The number of carbonyl (C=O) groups is 1. The third-order valence-electron chi connectivity index (χ3n) is 2.72. The fraction of sp³-hybridized carbons (Fsp3) is 0.600. The van der Waals surface area contributed by atoms with Gasteiger partial charge in [0.05, 0.1) is 11.5 Å². The number of amides is 1. The first-order chi connectivity index (χ1) is 10.8. The number of carbonyl (C=O) groups excluding carboxylic acids is 1. The Morgan fingerprint density at radius 3 is 2.82 bits per heavy atom. The van der Waals surface area contributed by atoms with Gasteiger partial charge in [-0.2, -0.15) is 0 Å². The molecule has 0 aliphatic carbocycles. The highest BCUT2D eigenvalue weighted by Crippen LogP contribution is 2.07. The van der Waals surface area contributed by atoms with Crippen LogP contribution in [-0.4, -0.2) is 51.3 Å². The smallest absolute Gasteiger partial charge is 0.261 e. The van der Waals surface area contributed by atoms with E-state index >= 15 is 0 Å². The first kappa shape index (κ1) is 18.4. The topological polar surface area (TPSA) is 74.8 Å². The summed E-state index contributed by atoms with van der Waals surface area (Å²) in [4.78, 5) is 16.9. The maximum atomic E-state index is 11.7. The second kappa shape index (κ2) is 12.0. The van der Waals surface area contributed by atoms with E-state index in [-0.39, 0.29) is 5.91 Å². The fourth-order valence-corrected chi connectivity index (χ4v) is 2.33. The molecule has 1 aromatic heterocycles. The third kappa shape index (κ3) is 7.99. The molecule has 1 heterocycles. The van der Waals surface area contributed by atoms with Crippen molar-refractivity contribution in [3.63, 3.8) is 0 Å². The van der Waals surface area contributed by atoms with Crippen LogP contribution in [0.1, 0.15) is 29.9 Å². The van der Waals surface area contributed by atoms with Crippen molar-refractivity contribution in [1.29, 1.82) is 0 Å². The molecule has 1 amide bonds. The number of rotatable bonds is 10. The maximum Gasteiger partial charge on any atom is 0.261 e. The van der Waals surface area contributed by atoms with Crippen LogP contribution >= 0.6 is 11.3 Å². The normalized spacial score (nSPS) is 11.3. The largest absolute Gasteiger partial charge is 0.380 e. The van der Waals surface area contributed by atoms with Gasteiger partial charge in [-0.15, -0.1) is 11.3 Å². The molecule has 124 valence electrons. The second-order valence-electron chi connectivity index (χ2n) is 4.47. The number of nitrogens with zero attached hydrogens (tertiary/aromatic N) is 1. The minimum Gasteiger partial charge on any atom is -0.380 e. The Labute approximate surface area is 136 Å². The van der Waals surface area contributed by atoms with E-state index in [0.29, 0.717) is 19.7 Å². The van der Waals surface area contributed by atoms with Crippen LogP contribution in [0.3, 0.4) is 0 Å². The van der Waals surface area contributed by atoms with E-state index in [0.717, 1.165) is 37.0 Å². The summed E-state index contributed by atoms with van der Waals surface area (Å²) in [6.07, 6.45) is 0.805. The van der Waals surface area contributed by atoms with Crippen LogP contribution in [0.15, 0.2) is 22.5 Å². The van der Waals surface area contributed by atoms with Crippen LogP contribution < -0.4 is 16.0 Å². The molecule has 0 bridgehead atoms. The van der Waals surface area contributed by atoms with Crippen molar-refractivity contribution < 1.29 is 9.53 Å². The van der Waals surface area contributed by atoms with Crippen LogP contribution in [0, 0.1) is 0 Å². The summed E-state index contributed by atoms with van der Waals surface area (Å²) in [6.45, 7) is 8.22. The van der Waals surface area contributed by atoms with E-state index in [9.17, 15) is 4.79 Å². The molecule has 6 nitrogen and oxygen atoms in total. The molecular formula is C15H26N4O2S. The molecule has 0 radical (unpaired) electrons. The minimum atomic E-state index is -0.0132. The summed E-state index contributed by atoms with van der Waals surface area (Å²) in [6, 6.07) is 3.70. The molecule has 7 heteroatoms. The first-order valence-corrected chi connectivity index (χ1v) is 8.57. The molecule has 22 heavy (non-hydrogen) atoms. The van der Waals surface area contributed by atoms with E-state index < -0.39 is 0 Å². The van der Waals surface area contributed by atoms with Gasteiger partial charge in [-0.05, 0) is 31.7 Å². The molecule has 0 unspecified atom stereocenters. The van der Waals surface area contributed by atoms with E-state index in [2.05, 4.69) is 20.9 Å². The van der Waals surface area contributed by atoms with Gasteiger partial charge in [0.1, 0.15) is 0 Å². The van der Waals surface area contributed by atoms with Crippen LogP contribution in [0.25, 0.3) is 0 Å². The molecule has 0 saturated heterocycles. The number of hydrogen-bond acceptors (Lipinski definition) is 4. The molecule has 0 spiro atoms. The summed E-state index contributed by atoms with van der Waals surface area (Å²) in [7, 11) is 0. The molecule has 1 rings (SSSR count). The van der Waals surface area contributed by atoms with Crippen LogP contribution in [0.5, 0.6) is 0 Å². The van der Waals surface area contributed by atoms with E-state index in [4.69, 9.17) is 4.74 Å². The van der Waals surface area contributed by atoms with E-state index in [1.807, 2.05) is 31.4 Å². The lowest BCUT2D eigenvalue weighted by Gasteiger charge is -2.11. The highest BCUT2D eigenvalue weighted by Gasteiger charge is 2.04. The van der Waals surface area contributed by atoms with Crippen molar-refractivity contribution in [2.45, 2.75) is 20.3 Å². The summed E-state index contributed by atoms with van der Waals surface area (Å²) >= 11 is 1.45. The SMILES string of the molecule is CCNC(=NCCCNC(=O)c1cccs1)NCCOCC. The zero-order chi connectivity index (χ0) is 16.0. The Balaban J connectivity index is 2.18. The average Bonchev–Trinajstić information content (AvgIpc) is 3.05. The van der Waals surface area contributed by atoms with E-state index in [1.54, 1.807) is 0 Å². The van der Waals surface area contributed by atoms with Crippen LogP contribution in [0.4, 0.5) is 0 Å². The summed E-state index contributed by atoms with van der Waals surface area (Å²) in [5.74, 6) is 0.771. The summed E-state index contributed by atoms with van der Waals surface area (Å²) in [5, 5.41) is 11.2. The van der Waals surface area contributed by atoms with Gasteiger partial charge in [-0.3, -0.25) is 9.79 Å². The van der Waals surface area contributed by atoms with Gasteiger partial charge in [-0.1, -0.05) is 6.07 Å². The lowest BCUT2D eigenvalue weighted by atomic mass is 10.4. The van der Waals surface area contributed by atoms with Gasteiger partial charge in [0.2, 0.25) is 0 Å². The van der Waals surface area contributed by atoms with Crippen molar-refractivity contribution >= 4 is 23.2 Å².